The van der Waals surface area contributed by atoms with Gasteiger partial charge < -0.3 is 62.2 Å². The lowest BCUT2D eigenvalue weighted by Gasteiger charge is -2.38. The fourth-order valence-electron chi connectivity index (χ4n) is 13.5. The summed E-state index contributed by atoms with van der Waals surface area (Å²) in [5.74, 6) is 1.69. The third-order valence-electron chi connectivity index (χ3n) is 20.5. The van der Waals surface area contributed by atoms with Gasteiger partial charge in [-0.3, -0.25) is 38.9 Å². The number of hydrogen-bond donors (Lipinski definition) is 0. The van der Waals surface area contributed by atoms with E-state index in [0.717, 1.165) is 51.6 Å². The Balaban J connectivity index is 0.000000161. The van der Waals surface area contributed by atoms with E-state index in [1.807, 2.05) is 104 Å². The van der Waals surface area contributed by atoms with Gasteiger partial charge in [0.1, 0.15) is 104 Å². The number of ether oxygens (including phenoxy) is 9. The fraction of sp³-hybridized carbons (Fsp3) is 0.421. The van der Waals surface area contributed by atoms with Crippen molar-refractivity contribution in [2.45, 2.75) is 172 Å². The van der Waals surface area contributed by atoms with Gasteiger partial charge in [0.2, 0.25) is 10.0 Å². The van der Waals surface area contributed by atoms with Gasteiger partial charge in [-0.15, -0.1) is 22.7 Å². The number of Topliss-reactive ketones (excluding diaryl/α,β-unsaturated/α-hetero) is 5. The number of unbranched alkanes of at least 4 members (excludes halogenated alkanes) is 1. The number of aryl methyl sites for hydroxylation is 9. The lowest BCUT2D eigenvalue weighted by atomic mass is 10.1. The summed E-state index contributed by atoms with van der Waals surface area (Å²) in [7, 11) is -1.82. The second kappa shape index (κ2) is 47.4. The molecule has 35 nitrogen and oxygen atoms in total. The summed E-state index contributed by atoms with van der Waals surface area (Å²) in [5, 5.41) is 5.37. The van der Waals surface area contributed by atoms with Crippen LogP contribution in [0.5, 0.6) is 28.7 Å². The third-order valence-corrected chi connectivity index (χ3v) is 23.7. The highest BCUT2D eigenvalue weighted by Gasteiger charge is 2.39. The number of carbonyl (C=O) groups is 9. The molecule has 0 radical (unpaired) electrons. The molecule has 15 heterocycles. The average Bonchev–Trinajstić information content (AvgIpc) is 0.822. The maximum Gasteiger partial charge on any atom is 0.410 e. The van der Waals surface area contributed by atoms with Gasteiger partial charge >= 0.3 is 24.4 Å². The molecule has 39 heteroatoms. The maximum atomic E-state index is 13.0. The molecule has 10 aromatic rings. The van der Waals surface area contributed by atoms with Crippen LogP contribution in [0.25, 0.3) is 0 Å². The molecule has 15 rings (SSSR count). The normalized spacial score (nSPS) is 14.2. The Hall–Kier alpha value is -13.3. The zero-order chi connectivity index (χ0) is 96.6. The minimum Gasteiger partial charge on any atom is -0.488 e. The van der Waals surface area contributed by atoms with E-state index in [0.29, 0.717) is 176 Å². The second-order valence-electron chi connectivity index (χ2n) is 33.0. The SMILES string of the molecule is CCCCOC(=O)N1CC(Oc2cc(C)nc(C(=O)Cc3ccc(F)cn3)c2)C1.CCOC(=O)N1CC(Oc2cc(C)nc(C(=O)Cc3nc(C)cs3)c2)C1.COC(=O)N1CC(Oc2cc(C)nc(C(=O)Cc3ccc(C)cn3)c2)C1.Cc1cc(OC2CN(S(C)(=O)=O)C2)cc(C(=O)Cc2nc(C)cs2)n1.Cc1ccc(CC(=O)c2cc(OC3CN(C(=O)OC(C)C)C3)cc(C)n2)nc1. The Kier molecular flexibility index (Phi) is 35.8. The van der Waals surface area contributed by atoms with Gasteiger partial charge in [-0.05, 0) is 125 Å². The molecular formula is C95H110FN15O20S3. The Morgan fingerprint density at radius 2 is 0.716 bits per heavy atom. The van der Waals surface area contributed by atoms with Crippen LogP contribution in [0.2, 0.25) is 0 Å². The summed E-state index contributed by atoms with van der Waals surface area (Å²) in [4.78, 5) is 158. The highest BCUT2D eigenvalue weighted by atomic mass is 32.2. The van der Waals surface area contributed by atoms with Crippen molar-refractivity contribution in [1.82, 2.24) is 73.7 Å². The molecule has 0 aromatic carbocycles. The van der Waals surface area contributed by atoms with Crippen LogP contribution in [0.1, 0.15) is 171 Å². The van der Waals surface area contributed by atoms with Crippen LogP contribution >= 0.6 is 22.7 Å². The number of thiazole rings is 2. The summed E-state index contributed by atoms with van der Waals surface area (Å²) in [5.41, 5.74) is 10.9. The van der Waals surface area contributed by atoms with Crippen molar-refractivity contribution >= 4 is 86.0 Å². The van der Waals surface area contributed by atoms with Crippen LogP contribution in [0, 0.1) is 68.1 Å². The van der Waals surface area contributed by atoms with Crippen molar-refractivity contribution < 1.29 is 98.6 Å². The Morgan fingerprint density at radius 1 is 0.403 bits per heavy atom. The largest absolute Gasteiger partial charge is 0.488 e. The van der Waals surface area contributed by atoms with E-state index in [1.165, 1.54) is 52.5 Å². The van der Waals surface area contributed by atoms with E-state index >= 15 is 0 Å². The van der Waals surface area contributed by atoms with Crippen molar-refractivity contribution in [3.8, 4) is 28.7 Å². The molecular weight excluding hydrogens is 1790 g/mol. The molecule has 0 bridgehead atoms. The smallest absolute Gasteiger partial charge is 0.410 e. The number of ketones is 5. The first-order valence-electron chi connectivity index (χ1n) is 43.6. The molecule has 10 aromatic heterocycles. The minimum atomic E-state index is -3.17. The number of pyridine rings is 8. The van der Waals surface area contributed by atoms with Gasteiger partial charge in [0.05, 0.1) is 136 Å². The van der Waals surface area contributed by atoms with Gasteiger partial charge in [-0.2, -0.15) is 4.31 Å². The Morgan fingerprint density at radius 3 is 1.00 bits per heavy atom. The van der Waals surface area contributed by atoms with E-state index in [2.05, 4.69) is 54.6 Å². The van der Waals surface area contributed by atoms with Crippen molar-refractivity contribution in [2.75, 3.05) is 92.0 Å². The topological polar surface area (TPSA) is 416 Å². The monoisotopic (exact) mass is 1900 g/mol. The van der Waals surface area contributed by atoms with E-state index in [-0.39, 0.29) is 128 Å². The number of sulfonamides is 1. The first-order valence-corrected chi connectivity index (χ1v) is 47.2. The molecule has 0 aliphatic carbocycles. The zero-order valence-corrected chi connectivity index (χ0v) is 79.9. The van der Waals surface area contributed by atoms with Crippen LogP contribution in [0.15, 0.2) is 126 Å². The van der Waals surface area contributed by atoms with Crippen molar-refractivity contribution in [3.05, 3.63) is 239 Å². The van der Waals surface area contributed by atoms with Crippen LogP contribution in [0.4, 0.5) is 23.6 Å². The quantitative estimate of drug-likeness (QED) is 0.0221. The molecule has 0 spiro atoms. The molecule has 0 unspecified atom stereocenters. The third kappa shape index (κ3) is 30.9. The number of nitrogens with zero attached hydrogens (tertiary/aromatic N) is 15. The van der Waals surface area contributed by atoms with Crippen molar-refractivity contribution in [3.63, 3.8) is 0 Å². The molecule has 0 saturated carbocycles. The van der Waals surface area contributed by atoms with Gasteiger partial charge in [-0.25, -0.2) is 66.9 Å². The van der Waals surface area contributed by atoms with E-state index in [9.17, 15) is 56.0 Å². The summed E-state index contributed by atoms with van der Waals surface area (Å²) < 4.78 is 86.4. The van der Waals surface area contributed by atoms with E-state index in [1.54, 1.807) is 113 Å². The van der Waals surface area contributed by atoms with Crippen molar-refractivity contribution in [2.24, 2.45) is 0 Å². The first kappa shape index (κ1) is 101. The van der Waals surface area contributed by atoms with Crippen molar-refractivity contribution in [1.29, 1.82) is 0 Å². The van der Waals surface area contributed by atoms with Gasteiger partial charge in [0.25, 0.3) is 0 Å². The fourth-order valence-corrected chi connectivity index (χ4v) is 15.9. The molecule has 4 amide bonds. The Labute approximate surface area is 784 Å². The van der Waals surface area contributed by atoms with Gasteiger partial charge in [0, 0.05) is 141 Å². The number of methoxy groups -OCH3 is 1. The minimum absolute atomic E-state index is 0.0248. The zero-order valence-electron chi connectivity index (χ0n) is 77.5. The lowest BCUT2D eigenvalue weighted by molar-refractivity contribution is 0.00154. The lowest BCUT2D eigenvalue weighted by Crippen LogP contribution is -2.56. The van der Waals surface area contributed by atoms with Crippen LogP contribution in [0.3, 0.4) is 0 Å². The summed E-state index contributed by atoms with van der Waals surface area (Å²) in [6, 6.07) is 27.3. The molecule has 710 valence electrons. The number of aromatic nitrogens is 10. The summed E-state index contributed by atoms with van der Waals surface area (Å²) in [6.07, 6.45) is 6.20. The van der Waals surface area contributed by atoms with Crippen LogP contribution < -0.4 is 23.7 Å². The van der Waals surface area contributed by atoms with Gasteiger partial charge in [0.15, 0.2) is 28.9 Å². The Bertz CT molecular complexity index is 5920. The number of halogens is 1. The summed E-state index contributed by atoms with van der Waals surface area (Å²) >= 11 is 2.92. The second-order valence-corrected chi connectivity index (χ2v) is 36.9. The maximum absolute atomic E-state index is 13.0. The molecule has 0 N–H and O–H groups in total. The van der Waals surface area contributed by atoms with E-state index in [4.69, 9.17) is 37.9 Å². The number of carbonyl (C=O) groups excluding carboxylic acids is 9. The average molecular weight is 1900 g/mol. The van der Waals surface area contributed by atoms with E-state index < -0.39 is 15.8 Å². The van der Waals surface area contributed by atoms with Crippen LogP contribution in [-0.2, 0) is 61.1 Å². The number of likely N-dealkylation sites (tertiary alicyclic amines) is 4. The van der Waals surface area contributed by atoms with Gasteiger partial charge in [-0.1, -0.05) is 25.5 Å². The predicted octanol–water partition coefficient (Wildman–Crippen LogP) is 13.2. The highest BCUT2D eigenvalue weighted by Crippen LogP contribution is 2.29. The number of hydrogen-bond acceptors (Lipinski definition) is 32. The molecule has 5 aliphatic rings. The van der Waals surface area contributed by atoms with Crippen LogP contribution in [-0.4, -0.2) is 264 Å². The highest BCUT2D eigenvalue weighted by molar-refractivity contribution is 7.88. The predicted molar refractivity (Wildman–Crippen MR) is 493 cm³/mol. The first-order chi connectivity index (χ1) is 63.8. The molecule has 0 atom stereocenters. The molecule has 5 saturated heterocycles. The number of amides is 4. The standard InChI is InChI=1S/C21H24FN3O4.C21H25N3O4.C19H21N3O4.C18H21N3O4S.C16H19N3O4S2/c1-3-4-7-28-21(27)25-12-18(13-25)29-17-8-14(2)24-19(10-17)20(26)9-16-6-5-15(22)11-23-16;1-13(2)27-21(26)24-11-18(12-24)28-17-7-15(4)23-19(9-17)20(25)8-16-6-5-14(3)10-22-16;1-12-4-5-14(20-9-12)7-18(23)17-8-15(6-13(2)21-17)26-16-10-22(11-16)19(24)25-3;1-4-24-18(23)21-8-14(9-21)25-13-5-11(2)19-15(6-13)16(22)7-17-20-12(3)10-26-17;1-10-4-12(23-13-7-19(8-13)25(3,21)22)5-14(17-10)15(20)6-16-18-11(2)9-24-16/h5-6,8,10-11,18H,3-4,7,9,12-13H2,1-2H3;5-7,9-10,13,18H,8,11-12H2,1-4H3;4-6,8-9,16H,7,10-11H2,1-3H3;5-6,10,14H,4,7-9H2,1-3H3;4-5,9,13H,6-8H2,1-3H3. The molecule has 5 aliphatic heterocycles. The number of rotatable bonds is 31. The molecule has 134 heavy (non-hydrogen) atoms. The summed E-state index contributed by atoms with van der Waals surface area (Å²) in [6.45, 7) is 29.3. The molecule has 5 fully saturated rings.